The van der Waals surface area contributed by atoms with Gasteiger partial charge in [-0.1, -0.05) is 85.5 Å². The van der Waals surface area contributed by atoms with Crippen molar-refractivity contribution in [3.05, 3.63) is 35.9 Å². The molecule has 19 heavy (non-hydrogen) atoms. The van der Waals surface area contributed by atoms with Crippen molar-refractivity contribution in [3.8, 4) is 0 Å². The van der Waals surface area contributed by atoms with Crippen molar-refractivity contribution < 1.29 is 4.79 Å². The summed E-state index contributed by atoms with van der Waals surface area (Å²) in [6.07, 6.45) is 8.16. The third-order valence-electron chi connectivity index (χ3n) is 3.53. The molecule has 0 fully saturated rings. The first-order valence-electron chi connectivity index (χ1n) is 7.42. The van der Waals surface area contributed by atoms with Gasteiger partial charge in [-0.05, 0) is 23.2 Å². The van der Waals surface area contributed by atoms with Crippen LogP contribution in [0.25, 0.3) is 0 Å². The molecule has 0 spiro atoms. The Morgan fingerprint density at radius 2 is 1.79 bits per heavy atom. The largest absolute Gasteiger partial charge is 0.294 e. The molecule has 1 aromatic rings. The van der Waals surface area contributed by atoms with Gasteiger partial charge in [0.1, 0.15) is 0 Å². The van der Waals surface area contributed by atoms with Crippen LogP contribution in [0.5, 0.6) is 0 Å². The number of unbranched alkanes of at least 4 members (excludes halogenated alkanes) is 2. The van der Waals surface area contributed by atoms with Crippen molar-refractivity contribution in [2.75, 3.05) is 4.43 Å². The molecular formula is C17H25IO. The van der Waals surface area contributed by atoms with Crippen LogP contribution in [0.4, 0.5) is 0 Å². The number of ketones is 1. The summed E-state index contributed by atoms with van der Waals surface area (Å²) in [6, 6.07) is 9.73. The Balaban J connectivity index is 2.48. The second-order valence-electron chi connectivity index (χ2n) is 5.19. The van der Waals surface area contributed by atoms with E-state index >= 15 is 0 Å². The van der Waals surface area contributed by atoms with Crippen molar-refractivity contribution in [1.82, 2.24) is 0 Å². The summed E-state index contributed by atoms with van der Waals surface area (Å²) in [6.45, 7) is 2.22. The van der Waals surface area contributed by atoms with Gasteiger partial charge < -0.3 is 0 Å². The standard InChI is InChI=1S/C17H25IO/c1-2-3-9-15(10-7-8-13-18)14-17(19)16-11-5-4-6-12-16/h4-6,11-12,15H,2-3,7-10,13-14H2,1H3. The summed E-state index contributed by atoms with van der Waals surface area (Å²) in [5.41, 5.74) is 0.873. The van der Waals surface area contributed by atoms with Crippen LogP contribution in [0.1, 0.15) is 62.2 Å². The lowest BCUT2D eigenvalue weighted by Gasteiger charge is -2.15. The molecule has 1 atom stereocenters. The van der Waals surface area contributed by atoms with Crippen LogP contribution in [0.2, 0.25) is 0 Å². The second kappa shape index (κ2) is 10.4. The van der Waals surface area contributed by atoms with Gasteiger partial charge in [-0.15, -0.1) is 0 Å². The van der Waals surface area contributed by atoms with Gasteiger partial charge in [0, 0.05) is 12.0 Å². The van der Waals surface area contributed by atoms with Crippen molar-refractivity contribution in [2.24, 2.45) is 5.92 Å². The molecular weight excluding hydrogens is 347 g/mol. The molecule has 0 radical (unpaired) electrons. The van der Waals surface area contributed by atoms with Crippen LogP contribution in [-0.2, 0) is 0 Å². The lowest BCUT2D eigenvalue weighted by Crippen LogP contribution is -2.09. The average molecular weight is 372 g/mol. The highest BCUT2D eigenvalue weighted by atomic mass is 127. The van der Waals surface area contributed by atoms with Crippen LogP contribution in [0.15, 0.2) is 30.3 Å². The van der Waals surface area contributed by atoms with Gasteiger partial charge in [0.05, 0.1) is 0 Å². The highest BCUT2D eigenvalue weighted by Crippen LogP contribution is 2.22. The molecule has 1 unspecified atom stereocenters. The molecule has 0 aliphatic carbocycles. The van der Waals surface area contributed by atoms with Gasteiger partial charge in [-0.3, -0.25) is 4.79 Å². The van der Waals surface area contributed by atoms with Gasteiger partial charge in [-0.25, -0.2) is 0 Å². The number of hydrogen-bond donors (Lipinski definition) is 0. The van der Waals surface area contributed by atoms with Crippen molar-refractivity contribution in [2.45, 2.75) is 51.9 Å². The number of rotatable bonds is 10. The van der Waals surface area contributed by atoms with E-state index in [0.29, 0.717) is 11.7 Å². The van der Waals surface area contributed by atoms with Gasteiger partial charge in [-0.2, -0.15) is 0 Å². The number of carbonyl (C=O) groups is 1. The SMILES string of the molecule is CCCCC(CCCCI)CC(=O)c1ccccc1. The monoisotopic (exact) mass is 372 g/mol. The number of halogens is 1. The summed E-state index contributed by atoms with van der Waals surface area (Å²) in [7, 11) is 0. The third-order valence-corrected chi connectivity index (χ3v) is 4.29. The van der Waals surface area contributed by atoms with E-state index in [-0.39, 0.29) is 0 Å². The molecule has 0 aromatic heterocycles. The topological polar surface area (TPSA) is 17.1 Å². The van der Waals surface area contributed by atoms with Gasteiger partial charge >= 0.3 is 0 Å². The molecule has 1 aromatic carbocycles. The van der Waals surface area contributed by atoms with E-state index in [9.17, 15) is 4.79 Å². The number of alkyl halides is 1. The summed E-state index contributed by atoms with van der Waals surface area (Å²) >= 11 is 2.43. The molecule has 0 aliphatic heterocycles. The van der Waals surface area contributed by atoms with Gasteiger partial charge in [0.2, 0.25) is 0 Å². The first kappa shape index (κ1) is 16.7. The van der Waals surface area contributed by atoms with E-state index < -0.39 is 0 Å². The fraction of sp³-hybridized carbons (Fsp3) is 0.588. The van der Waals surface area contributed by atoms with Crippen LogP contribution in [-0.4, -0.2) is 10.2 Å². The van der Waals surface area contributed by atoms with Crippen LogP contribution >= 0.6 is 22.6 Å². The zero-order valence-corrected chi connectivity index (χ0v) is 14.1. The Hall–Kier alpha value is -0.380. The predicted molar refractivity (Wildman–Crippen MR) is 91.1 cm³/mol. The number of Topliss-reactive ketones (excluding diaryl/α,β-unsaturated/α-hetero) is 1. The maximum Gasteiger partial charge on any atom is 0.163 e. The van der Waals surface area contributed by atoms with E-state index in [2.05, 4.69) is 29.5 Å². The Kier molecular flexibility index (Phi) is 9.14. The van der Waals surface area contributed by atoms with Crippen molar-refractivity contribution in [1.29, 1.82) is 0 Å². The van der Waals surface area contributed by atoms with Crippen LogP contribution in [0, 0.1) is 5.92 Å². The second-order valence-corrected chi connectivity index (χ2v) is 6.27. The lowest BCUT2D eigenvalue weighted by molar-refractivity contribution is 0.0955. The Bertz CT molecular complexity index is 348. The predicted octanol–water partition coefficient (Wildman–Crippen LogP) is 5.67. The van der Waals surface area contributed by atoms with E-state index in [1.807, 2.05) is 30.3 Å². The minimum Gasteiger partial charge on any atom is -0.294 e. The van der Waals surface area contributed by atoms with Crippen molar-refractivity contribution >= 4 is 28.4 Å². The maximum atomic E-state index is 12.2. The highest BCUT2D eigenvalue weighted by molar-refractivity contribution is 14.1. The molecule has 0 saturated heterocycles. The van der Waals surface area contributed by atoms with Crippen LogP contribution < -0.4 is 0 Å². The highest BCUT2D eigenvalue weighted by Gasteiger charge is 2.14. The zero-order chi connectivity index (χ0) is 13.9. The molecule has 2 heteroatoms. The lowest BCUT2D eigenvalue weighted by atomic mass is 9.89. The Morgan fingerprint density at radius 3 is 2.42 bits per heavy atom. The van der Waals surface area contributed by atoms with Gasteiger partial charge in [0.15, 0.2) is 5.78 Å². The summed E-state index contributed by atoms with van der Waals surface area (Å²) < 4.78 is 1.23. The normalized spacial score (nSPS) is 12.3. The minimum absolute atomic E-state index is 0.316. The minimum atomic E-state index is 0.316. The smallest absolute Gasteiger partial charge is 0.163 e. The quantitative estimate of drug-likeness (QED) is 0.224. The molecule has 0 bridgehead atoms. The maximum absolute atomic E-state index is 12.2. The Morgan fingerprint density at radius 1 is 1.11 bits per heavy atom. The Labute approximate surface area is 131 Å². The van der Waals surface area contributed by atoms with Crippen molar-refractivity contribution in [3.63, 3.8) is 0 Å². The summed E-state index contributed by atoms with van der Waals surface area (Å²) in [5, 5.41) is 0. The molecule has 1 nitrogen and oxygen atoms in total. The number of benzene rings is 1. The van der Waals surface area contributed by atoms with Gasteiger partial charge in [0.25, 0.3) is 0 Å². The number of carbonyl (C=O) groups excluding carboxylic acids is 1. The van der Waals surface area contributed by atoms with E-state index in [1.54, 1.807) is 0 Å². The van der Waals surface area contributed by atoms with E-state index in [0.717, 1.165) is 12.0 Å². The summed E-state index contributed by atoms with van der Waals surface area (Å²) in [5.74, 6) is 0.895. The zero-order valence-electron chi connectivity index (χ0n) is 11.9. The van der Waals surface area contributed by atoms with Crippen LogP contribution in [0.3, 0.4) is 0 Å². The molecule has 106 valence electrons. The average Bonchev–Trinajstić information content (AvgIpc) is 2.45. The molecule has 0 N–H and O–H groups in total. The van der Waals surface area contributed by atoms with E-state index in [1.165, 1.54) is 43.0 Å². The van der Waals surface area contributed by atoms with E-state index in [4.69, 9.17) is 0 Å². The molecule has 0 aliphatic rings. The molecule has 0 amide bonds. The first-order chi connectivity index (χ1) is 9.27. The molecule has 0 heterocycles. The number of hydrogen-bond acceptors (Lipinski definition) is 1. The molecule has 1 rings (SSSR count). The fourth-order valence-corrected chi connectivity index (χ4v) is 2.91. The third kappa shape index (κ3) is 7.09. The first-order valence-corrected chi connectivity index (χ1v) is 8.94. The summed E-state index contributed by atoms with van der Waals surface area (Å²) in [4.78, 5) is 12.2. The molecule has 0 saturated carbocycles. The fourth-order valence-electron chi connectivity index (χ4n) is 2.37.